The van der Waals surface area contributed by atoms with Gasteiger partial charge in [0.1, 0.15) is 8.24 Å². The van der Waals surface area contributed by atoms with Gasteiger partial charge in [-0.05, 0) is 18.0 Å². The van der Waals surface area contributed by atoms with Crippen LogP contribution in [-0.2, 0) is 0 Å². The van der Waals surface area contributed by atoms with Crippen molar-refractivity contribution in [1.82, 2.24) is 4.57 Å². The minimum Gasteiger partial charge on any atom is -0.320 e. The molecule has 0 rings (SSSR count). The predicted octanol–water partition coefficient (Wildman–Crippen LogP) is 4.28. The van der Waals surface area contributed by atoms with E-state index >= 15 is 0 Å². The zero-order valence-corrected chi connectivity index (χ0v) is 12.6. The standard InChI is InChI=1S/C13H29NSi/c1-8-10-12-14(11-9-2)15(6,7)13(3,4)5/h9H,2,8,10-12H2,1,3-7H3. The first-order valence-corrected chi connectivity index (χ1v) is 9.08. The van der Waals surface area contributed by atoms with Crippen molar-refractivity contribution in [2.75, 3.05) is 13.1 Å². The van der Waals surface area contributed by atoms with Crippen LogP contribution >= 0.6 is 0 Å². The van der Waals surface area contributed by atoms with Gasteiger partial charge in [0, 0.05) is 6.54 Å². The SMILES string of the molecule is C=CCN(CCCC)[Si](C)(C)C(C)(C)C. The Morgan fingerprint density at radius 1 is 1.27 bits per heavy atom. The second kappa shape index (κ2) is 5.85. The fraction of sp³-hybridized carbons (Fsp3) is 0.846. The molecule has 90 valence electrons. The Morgan fingerprint density at radius 2 is 1.80 bits per heavy atom. The fourth-order valence-electron chi connectivity index (χ4n) is 1.58. The summed E-state index contributed by atoms with van der Waals surface area (Å²) in [7, 11) is -1.33. The molecule has 0 heterocycles. The lowest BCUT2D eigenvalue weighted by atomic mass is 10.2. The lowest BCUT2D eigenvalue weighted by molar-refractivity contribution is 0.422. The molecule has 0 atom stereocenters. The smallest absolute Gasteiger partial charge is 0.127 e. The molecule has 0 aliphatic carbocycles. The Balaban J connectivity index is 4.64. The molecule has 0 aromatic heterocycles. The highest BCUT2D eigenvalue weighted by Crippen LogP contribution is 2.38. The van der Waals surface area contributed by atoms with E-state index in [0.29, 0.717) is 5.04 Å². The molecule has 0 aliphatic heterocycles. The third-order valence-corrected chi connectivity index (χ3v) is 9.42. The number of nitrogens with zero attached hydrogens (tertiary/aromatic N) is 1. The Morgan fingerprint density at radius 3 is 2.13 bits per heavy atom. The highest BCUT2D eigenvalue weighted by molar-refractivity contribution is 6.77. The van der Waals surface area contributed by atoms with Gasteiger partial charge in [-0.1, -0.05) is 53.3 Å². The maximum Gasteiger partial charge on any atom is 0.127 e. The summed E-state index contributed by atoms with van der Waals surface area (Å²) in [5.41, 5.74) is 0. The van der Waals surface area contributed by atoms with Gasteiger partial charge in [-0.15, -0.1) is 6.58 Å². The lowest BCUT2D eigenvalue weighted by Crippen LogP contribution is -2.55. The van der Waals surface area contributed by atoms with Gasteiger partial charge in [0.25, 0.3) is 0 Å². The van der Waals surface area contributed by atoms with Gasteiger partial charge in [-0.2, -0.15) is 0 Å². The van der Waals surface area contributed by atoms with Gasteiger partial charge in [0.15, 0.2) is 0 Å². The Kier molecular flexibility index (Phi) is 5.82. The van der Waals surface area contributed by atoms with E-state index < -0.39 is 8.24 Å². The van der Waals surface area contributed by atoms with Crippen LogP contribution in [0.1, 0.15) is 40.5 Å². The van der Waals surface area contributed by atoms with Crippen molar-refractivity contribution < 1.29 is 0 Å². The average Bonchev–Trinajstić information content (AvgIpc) is 2.10. The second-order valence-corrected chi connectivity index (χ2v) is 11.1. The van der Waals surface area contributed by atoms with Gasteiger partial charge in [0.05, 0.1) is 0 Å². The van der Waals surface area contributed by atoms with E-state index in [1.54, 1.807) is 0 Å². The molecule has 0 amide bonds. The van der Waals surface area contributed by atoms with Crippen LogP contribution in [0.15, 0.2) is 12.7 Å². The lowest BCUT2D eigenvalue weighted by Gasteiger charge is -2.45. The summed E-state index contributed by atoms with van der Waals surface area (Å²) >= 11 is 0. The van der Waals surface area contributed by atoms with Crippen LogP contribution in [0, 0.1) is 0 Å². The van der Waals surface area contributed by atoms with Crippen LogP contribution in [0.25, 0.3) is 0 Å². The third-order valence-electron chi connectivity index (χ3n) is 3.76. The van der Waals surface area contributed by atoms with E-state index in [4.69, 9.17) is 0 Å². The van der Waals surface area contributed by atoms with Crippen LogP contribution in [0.3, 0.4) is 0 Å². The molecule has 0 saturated heterocycles. The van der Waals surface area contributed by atoms with E-state index in [1.807, 2.05) is 0 Å². The minimum atomic E-state index is -1.33. The van der Waals surface area contributed by atoms with Crippen molar-refractivity contribution in [3.05, 3.63) is 12.7 Å². The largest absolute Gasteiger partial charge is 0.320 e. The molecule has 0 bridgehead atoms. The van der Waals surface area contributed by atoms with Gasteiger partial charge < -0.3 is 4.57 Å². The molecule has 0 aromatic rings. The molecule has 0 aliphatic rings. The molecule has 0 N–H and O–H groups in total. The van der Waals surface area contributed by atoms with Crippen molar-refractivity contribution in [3.63, 3.8) is 0 Å². The van der Waals surface area contributed by atoms with Crippen molar-refractivity contribution in [3.8, 4) is 0 Å². The first-order chi connectivity index (χ1) is 6.77. The molecular weight excluding hydrogens is 198 g/mol. The molecule has 1 nitrogen and oxygen atoms in total. The van der Waals surface area contributed by atoms with Gasteiger partial charge in [-0.3, -0.25) is 0 Å². The molecule has 0 radical (unpaired) electrons. The van der Waals surface area contributed by atoms with Crippen LogP contribution in [-0.4, -0.2) is 25.9 Å². The van der Waals surface area contributed by atoms with Crippen LogP contribution in [0.5, 0.6) is 0 Å². The second-order valence-electron chi connectivity index (χ2n) is 5.90. The molecule has 0 saturated carbocycles. The zero-order chi connectivity index (χ0) is 12.1. The van der Waals surface area contributed by atoms with Crippen molar-refractivity contribution in [2.24, 2.45) is 0 Å². The summed E-state index contributed by atoms with van der Waals surface area (Å²) in [5, 5.41) is 0.434. The van der Waals surface area contributed by atoms with Crippen molar-refractivity contribution in [1.29, 1.82) is 0 Å². The highest BCUT2D eigenvalue weighted by Gasteiger charge is 2.39. The fourth-order valence-corrected chi connectivity index (χ4v) is 3.83. The van der Waals surface area contributed by atoms with Crippen LogP contribution in [0.2, 0.25) is 18.1 Å². The van der Waals surface area contributed by atoms with E-state index in [2.05, 4.69) is 58.0 Å². The summed E-state index contributed by atoms with van der Waals surface area (Å²) in [6.45, 7) is 20.5. The summed E-state index contributed by atoms with van der Waals surface area (Å²) in [6, 6.07) is 0. The van der Waals surface area contributed by atoms with E-state index in [-0.39, 0.29) is 0 Å². The molecular formula is C13H29NSi. The molecule has 15 heavy (non-hydrogen) atoms. The third kappa shape index (κ3) is 4.11. The highest BCUT2D eigenvalue weighted by atomic mass is 28.3. The quantitative estimate of drug-likeness (QED) is 0.483. The minimum absolute atomic E-state index is 0.434. The van der Waals surface area contributed by atoms with E-state index in [0.717, 1.165) is 6.54 Å². The summed E-state index contributed by atoms with van der Waals surface area (Å²) in [6.07, 6.45) is 4.64. The van der Waals surface area contributed by atoms with Crippen molar-refractivity contribution in [2.45, 2.75) is 58.7 Å². The zero-order valence-electron chi connectivity index (χ0n) is 11.6. The molecule has 0 fully saturated rings. The van der Waals surface area contributed by atoms with Gasteiger partial charge in [0.2, 0.25) is 0 Å². The first kappa shape index (κ1) is 14.9. The Labute approximate surface area is 97.6 Å². The first-order valence-electron chi connectivity index (χ1n) is 6.13. The normalized spacial score (nSPS) is 13.3. The van der Waals surface area contributed by atoms with Gasteiger partial charge in [-0.25, -0.2) is 0 Å². The summed E-state index contributed by atoms with van der Waals surface area (Å²) in [5.74, 6) is 0. The number of unbranched alkanes of at least 4 members (excludes halogenated alkanes) is 1. The molecule has 0 aromatic carbocycles. The Hall–Kier alpha value is -0.0831. The van der Waals surface area contributed by atoms with Crippen LogP contribution in [0.4, 0.5) is 0 Å². The number of hydrogen-bond acceptors (Lipinski definition) is 1. The predicted molar refractivity (Wildman–Crippen MR) is 73.9 cm³/mol. The molecule has 2 heteroatoms. The van der Waals surface area contributed by atoms with Crippen LogP contribution < -0.4 is 0 Å². The molecule has 0 spiro atoms. The van der Waals surface area contributed by atoms with Gasteiger partial charge >= 0.3 is 0 Å². The van der Waals surface area contributed by atoms with E-state index in [9.17, 15) is 0 Å². The number of hydrogen-bond donors (Lipinski definition) is 0. The maximum atomic E-state index is 3.88. The van der Waals surface area contributed by atoms with Crippen molar-refractivity contribution >= 4 is 8.24 Å². The molecule has 0 unspecified atom stereocenters. The summed E-state index contributed by atoms with van der Waals surface area (Å²) < 4.78 is 2.68. The average molecular weight is 227 g/mol. The maximum absolute atomic E-state index is 3.88. The number of rotatable bonds is 6. The summed E-state index contributed by atoms with van der Waals surface area (Å²) in [4.78, 5) is 0. The Bertz CT molecular complexity index is 191. The topological polar surface area (TPSA) is 3.24 Å². The monoisotopic (exact) mass is 227 g/mol. The van der Waals surface area contributed by atoms with E-state index in [1.165, 1.54) is 19.4 Å².